The Morgan fingerprint density at radius 3 is 2.18 bits per heavy atom. The third-order valence-corrected chi connectivity index (χ3v) is 3.90. The van der Waals surface area contributed by atoms with Crippen LogP contribution in [0.4, 0.5) is 10.5 Å². The first kappa shape index (κ1) is 18.7. The van der Waals surface area contributed by atoms with Crippen LogP contribution >= 0.6 is 0 Å². The maximum Gasteiger partial charge on any atom is 0.339 e. The van der Waals surface area contributed by atoms with Gasteiger partial charge in [0.1, 0.15) is 0 Å². The molecule has 142 valence electrons. The van der Waals surface area contributed by atoms with Crippen molar-refractivity contribution in [2.45, 2.75) is 0 Å². The molecule has 8 nitrogen and oxygen atoms in total. The Bertz CT molecular complexity index is 999. The Hall–Kier alpha value is -4.07. The summed E-state index contributed by atoms with van der Waals surface area (Å²) in [4.78, 5) is 36.4. The zero-order valence-corrected chi connectivity index (χ0v) is 15.0. The standard InChI is InChI=1S/C20H18N4O4/c1-28-19(26)14-8-2-4-10-16(14)21-20(27)23-22-18(25)15-9-3-5-11-17(15)24-12-6-7-13-24/h2-13H,1H3,(H,22,25)(H2,21,23,27). The highest BCUT2D eigenvalue weighted by Gasteiger charge is 2.15. The normalized spacial score (nSPS) is 10.0. The van der Waals surface area contributed by atoms with Crippen molar-refractivity contribution in [2.24, 2.45) is 0 Å². The summed E-state index contributed by atoms with van der Waals surface area (Å²) in [6, 6.07) is 16.4. The largest absolute Gasteiger partial charge is 0.465 e. The van der Waals surface area contributed by atoms with Crippen LogP contribution in [0.5, 0.6) is 0 Å². The van der Waals surface area contributed by atoms with E-state index in [1.807, 2.05) is 30.6 Å². The Kier molecular flexibility index (Phi) is 5.71. The topological polar surface area (TPSA) is 101 Å². The van der Waals surface area contributed by atoms with Gasteiger partial charge in [-0.2, -0.15) is 0 Å². The van der Waals surface area contributed by atoms with E-state index in [0.717, 1.165) is 0 Å². The van der Waals surface area contributed by atoms with E-state index >= 15 is 0 Å². The van der Waals surface area contributed by atoms with Crippen LogP contribution in [0.15, 0.2) is 73.1 Å². The van der Waals surface area contributed by atoms with Gasteiger partial charge in [0.05, 0.1) is 29.6 Å². The lowest BCUT2D eigenvalue weighted by molar-refractivity contribution is 0.0601. The summed E-state index contributed by atoms with van der Waals surface area (Å²) in [5, 5.41) is 2.50. The number of carbonyl (C=O) groups excluding carboxylic acids is 3. The number of ether oxygens (including phenoxy) is 1. The first-order valence-electron chi connectivity index (χ1n) is 8.37. The Morgan fingerprint density at radius 1 is 0.821 bits per heavy atom. The molecule has 0 saturated carbocycles. The number of urea groups is 1. The molecule has 8 heteroatoms. The van der Waals surface area contributed by atoms with Crippen molar-refractivity contribution in [1.82, 2.24) is 15.4 Å². The summed E-state index contributed by atoms with van der Waals surface area (Å²) in [5.74, 6) is -1.07. The molecule has 0 aliphatic heterocycles. The summed E-state index contributed by atoms with van der Waals surface area (Å²) in [6.45, 7) is 0. The summed E-state index contributed by atoms with van der Waals surface area (Å²) in [5.41, 5.74) is 6.14. The fourth-order valence-electron chi connectivity index (χ4n) is 2.60. The third-order valence-electron chi connectivity index (χ3n) is 3.90. The van der Waals surface area contributed by atoms with Crippen LogP contribution in [0.3, 0.4) is 0 Å². The number of carbonyl (C=O) groups is 3. The van der Waals surface area contributed by atoms with Crippen LogP contribution in [0.2, 0.25) is 0 Å². The van der Waals surface area contributed by atoms with Crippen molar-refractivity contribution in [3.05, 3.63) is 84.2 Å². The van der Waals surface area contributed by atoms with Gasteiger partial charge in [0.25, 0.3) is 5.91 Å². The van der Waals surface area contributed by atoms with E-state index in [1.165, 1.54) is 13.2 Å². The van der Waals surface area contributed by atoms with Gasteiger partial charge in [0, 0.05) is 12.4 Å². The van der Waals surface area contributed by atoms with Crippen molar-refractivity contribution in [3.63, 3.8) is 0 Å². The fraction of sp³-hybridized carbons (Fsp3) is 0.0500. The number of hydrogen-bond acceptors (Lipinski definition) is 4. The van der Waals surface area contributed by atoms with Crippen LogP contribution in [-0.4, -0.2) is 29.6 Å². The van der Waals surface area contributed by atoms with Gasteiger partial charge >= 0.3 is 12.0 Å². The Morgan fingerprint density at radius 2 is 1.46 bits per heavy atom. The number of rotatable bonds is 4. The molecule has 0 spiro atoms. The van der Waals surface area contributed by atoms with Crippen molar-refractivity contribution >= 4 is 23.6 Å². The molecule has 28 heavy (non-hydrogen) atoms. The van der Waals surface area contributed by atoms with Gasteiger partial charge in [0.15, 0.2) is 0 Å². The monoisotopic (exact) mass is 378 g/mol. The second kappa shape index (κ2) is 8.54. The predicted molar refractivity (Wildman–Crippen MR) is 103 cm³/mol. The first-order chi connectivity index (χ1) is 13.6. The molecule has 3 rings (SSSR count). The number of hydrogen-bond donors (Lipinski definition) is 3. The lowest BCUT2D eigenvalue weighted by atomic mass is 10.1. The van der Waals surface area contributed by atoms with E-state index in [-0.39, 0.29) is 11.3 Å². The number of hydrazine groups is 1. The van der Waals surface area contributed by atoms with E-state index in [9.17, 15) is 14.4 Å². The molecule has 1 aromatic heterocycles. The molecule has 2 aromatic carbocycles. The molecule has 0 unspecified atom stereocenters. The summed E-state index contributed by atoms with van der Waals surface area (Å²) in [6.07, 6.45) is 3.63. The van der Waals surface area contributed by atoms with E-state index in [1.54, 1.807) is 41.0 Å². The van der Waals surface area contributed by atoms with Gasteiger partial charge in [-0.05, 0) is 36.4 Å². The van der Waals surface area contributed by atoms with E-state index in [4.69, 9.17) is 0 Å². The zero-order valence-electron chi connectivity index (χ0n) is 15.0. The molecule has 0 saturated heterocycles. The molecule has 0 bridgehead atoms. The first-order valence-corrected chi connectivity index (χ1v) is 8.37. The molecule has 3 N–H and O–H groups in total. The van der Waals surface area contributed by atoms with Gasteiger partial charge in [-0.15, -0.1) is 0 Å². The zero-order chi connectivity index (χ0) is 19.9. The lowest BCUT2D eigenvalue weighted by Gasteiger charge is -2.13. The van der Waals surface area contributed by atoms with Crippen LogP contribution in [0.25, 0.3) is 5.69 Å². The average Bonchev–Trinajstić information content (AvgIpc) is 3.26. The highest BCUT2D eigenvalue weighted by atomic mass is 16.5. The molecule has 3 aromatic rings. The number of methoxy groups -OCH3 is 1. The van der Waals surface area contributed by atoms with Crippen molar-refractivity contribution in [3.8, 4) is 5.69 Å². The fourth-order valence-corrected chi connectivity index (χ4v) is 2.60. The van der Waals surface area contributed by atoms with Gasteiger partial charge in [-0.3, -0.25) is 10.2 Å². The molecule has 0 fully saturated rings. The number of benzene rings is 2. The predicted octanol–water partition coefficient (Wildman–Crippen LogP) is 2.73. The number of anilines is 1. The molecule has 0 aliphatic carbocycles. The van der Waals surface area contributed by atoms with Crippen LogP contribution in [0.1, 0.15) is 20.7 Å². The van der Waals surface area contributed by atoms with Crippen molar-refractivity contribution in [2.75, 3.05) is 12.4 Å². The van der Waals surface area contributed by atoms with Crippen molar-refractivity contribution in [1.29, 1.82) is 0 Å². The van der Waals surface area contributed by atoms with E-state index in [0.29, 0.717) is 11.3 Å². The minimum Gasteiger partial charge on any atom is -0.465 e. The van der Waals surface area contributed by atoms with Crippen LogP contribution < -0.4 is 16.2 Å². The second-order valence-electron chi connectivity index (χ2n) is 5.68. The van der Waals surface area contributed by atoms with Crippen molar-refractivity contribution < 1.29 is 19.1 Å². The van der Waals surface area contributed by atoms with E-state index < -0.39 is 17.9 Å². The Balaban J connectivity index is 1.67. The van der Waals surface area contributed by atoms with Gasteiger partial charge in [-0.1, -0.05) is 24.3 Å². The SMILES string of the molecule is COC(=O)c1ccccc1NC(=O)NNC(=O)c1ccccc1-n1cccc1. The van der Waals surface area contributed by atoms with E-state index in [2.05, 4.69) is 20.9 Å². The number of amides is 3. The minimum atomic E-state index is -0.705. The van der Waals surface area contributed by atoms with Gasteiger partial charge < -0.3 is 14.6 Å². The average molecular weight is 378 g/mol. The highest BCUT2D eigenvalue weighted by Crippen LogP contribution is 2.16. The summed E-state index contributed by atoms with van der Waals surface area (Å²) in [7, 11) is 1.25. The second-order valence-corrected chi connectivity index (χ2v) is 5.68. The molecule has 0 aliphatic rings. The number of para-hydroxylation sites is 2. The van der Waals surface area contributed by atoms with Crippen LogP contribution in [0, 0.1) is 0 Å². The maximum atomic E-state index is 12.5. The third kappa shape index (κ3) is 4.18. The molecule has 0 atom stereocenters. The minimum absolute atomic E-state index is 0.199. The smallest absolute Gasteiger partial charge is 0.339 e. The summed E-state index contributed by atoms with van der Waals surface area (Å²) >= 11 is 0. The van der Waals surface area contributed by atoms with Gasteiger partial charge in [-0.25, -0.2) is 15.0 Å². The molecule has 1 heterocycles. The maximum absolute atomic E-state index is 12.5. The molecule has 0 radical (unpaired) electrons. The number of nitrogens with one attached hydrogen (secondary N) is 3. The lowest BCUT2D eigenvalue weighted by Crippen LogP contribution is -2.44. The van der Waals surface area contributed by atoms with Gasteiger partial charge in [0.2, 0.25) is 0 Å². The summed E-state index contributed by atoms with van der Waals surface area (Å²) < 4.78 is 6.47. The van der Waals surface area contributed by atoms with Crippen LogP contribution in [-0.2, 0) is 4.74 Å². The molecular formula is C20H18N4O4. The number of esters is 1. The highest BCUT2D eigenvalue weighted by molar-refractivity contribution is 6.02. The Labute approximate surface area is 161 Å². The number of aromatic nitrogens is 1. The molecule has 3 amide bonds. The molecular weight excluding hydrogens is 360 g/mol. The number of nitrogens with zero attached hydrogens (tertiary/aromatic N) is 1. The quantitative estimate of drug-likeness (QED) is 0.480.